The second-order valence-electron chi connectivity index (χ2n) is 6.14. The van der Waals surface area contributed by atoms with Gasteiger partial charge in [0.1, 0.15) is 4.21 Å². The Morgan fingerprint density at radius 1 is 1.25 bits per heavy atom. The van der Waals surface area contributed by atoms with E-state index in [1.54, 1.807) is 12.1 Å². The highest BCUT2D eigenvalue weighted by Crippen LogP contribution is 2.29. The van der Waals surface area contributed by atoms with E-state index in [4.69, 9.17) is 17.3 Å². The molecule has 0 aliphatic carbocycles. The SMILES string of the molecule is CC(C)(CN)n1ccc2cc(NS(=O)(=O)c3ccc(Cl)s3)ccc21. The number of nitrogens with zero attached hydrogens (tertiary/aromatic N) is 1. The number of aromatic nitrogens is 1. The summed E-state index contributed by atoms with van der Waals surface area (Å²) in [5.74, 6) is 0. The van der Waals surface area contributed by atoms with Crippen LogP contribution < -0.4 is 10.5 Å². The summed E-state index contributed by atoms with van der Waals surface area (Å²) >= 11 is 6.85. The maximum absolute atomic E-state index is 12.4. The number of rotatable bonds is 5. The number of nitrogens with one attached hydrogen (secondary N) is 1. The van der Waals surface area contributed by atoms with E-state index in [1.165, 1.54) is 6.07 Å². The monoisotopic (exact) mass is 383 g/mol. The molecule has 0 saturated heterocycles. The molecule has 3 aromatic rings. The maximum atomic E-state index is 12.4. The van der Waals surface area contributed by atoms with Crippen LogP contribution in [-0.4, -0.2) is 19.5 Å². The molecule has 3 rings (SSSR count). The molecule has 2 heterocycles. The first kappa shape index (κ1) is 17.3. The van der Waals surface area contributed by atoms with Crippen molar-refractivity contribution in [1.82, 2.24) is 4.57 Å². The van der Waals surface area contributed by atoms with Crippen molar-refractivity contribution in [3.8, 4) is 0 Å². The summed E-state index contributed by atoms with van der Waals surface area (Å²) in [4.78, 5) is 0. The molecular formula is C16H18ClN3O2S2. The number of benzene rings is 1. The van der Waals surface area contributed by atoms with Gasteiger partial charge in [0.05, 0.1) is 9.88 Å². The standard InChI is InChI=1S/C16H18ClN3O2S2/c1-16(2,10-18)20-8-7-11-9-12(3-4-13(11)20)19-24(21,22)15-6-5-14(17)23-15/h3-9,19H,10,18H2,1-2H3. The van der Waals surface area contributed by atoms with Crippen molar-refractivity contribution in [3.63, 3.8) is 0 Å². The molecule has 2 aromatic heterocycles. The smallest absolute Gasteiger partial charge is 0.271 e. The summed E-state index contributed by atoms with van der Waals surface area (Å²) in [6.45, 7) is 4.62. The molecule has 5 nitrogen and oxygen atoms in total. The van der Waals surface area contributed by atoms with Crippen LogP contribution in [0.5, 0.6) is 0 Å². The zero-order valence-corrected chi connectivity index (χ0v) is 15.7. The molecule has 0 aliphatic rings. The molecule has 24 heavy (non-hydrogen) atoms. The molecule has 0 spiro atoms. The van der Waals surface area contributed by atoms with E-state index in [-0.39, 0.29) is 9.75 Å². The average Bonchev–Trinajstić information content (AvgIpc) is 3.13. The van der Waals surface area contributed by atoms with E-state index in [0.29, 0.717) is 16.6 Å². The van der Waals surface area contributed by atoms with Gasteiger partial charge in [0.2, 0.25) is 0 Å². The van der Waals surface area contributed by atoms with E-state index in [9.17, 15) is 8.42 Å². The molecule has 0 radical (unpaired) electrons. The highest BCUT2D eigenvalue weighted by Gasteiger charge is 2.20. The number of sulfonamides is 1. The Morgan fingerprint density at radius 2 is 2.00 bits per heavy atom. The summed E-state index contributed by atoms with van der Waals surface area (Å²) in [6.07, 6.45) is 1.97. The third-order valence-corrected chi connectivity index (χ3v) is 7.01. The number of nitrogens with two attached hydrogens (primary N) is 1. The van der Waals surface area contributed by atoms with Gasteiger partial charge in [0, 0.05) is 29.3 Å². The molecule has 0 atom stereocenters. The van der Waals surface area contributed by atoms with Gasteiger partial charge in [-0.15, -0.1) is 11.3 Å². The van der Waals surface area contributed by atoms with E-state index < -0.39 is 10.0 Å². The third kappa shape index (κ3) is 3.17. The Balaban J connectivity index is 1.95. The summed E-state index contributed by atoms with van der Waals surface area (Å²) in [5, 5.41) is 0.945. The van der Waals surface area contributed by atoms with Crippen LogP contribution in [0.4, 0.5) is 5.69 Å². The summed E-state index contributed by atoms with van der Waals surface area (Å²) in [6, 6.07) is 10.5. The molecule has 8 heteroatoms. The first-order chi connectivity index (χ1) is 11.2. The van der Waals surface area contributed by atoms with Gasteiger partial charge in [-0.25, -0.2) is 8.42 Å². The molecular weight excluding hydrogens is 366 g/mol. The Hall–Kier alpha value is -1.54. The van der Waals surface area contributed by atoms with Crippen molar-refractivity contribution in [2.75, 3.05) is 11.3 Å². The Labute approximate surface area is 150 Å². The minimum atomic E-state index is -3.63. The zero-order chi connectivity index (χ0) is 17.5. The maximum Gasteiger partial charge on any atom is 0.271 e. The van der Waals surface area contributed by atoms with Gasteiger partial charge in [-0.3, -0.25) is 4.72 Å². The van der Waals surface area contributed by atoms with Crippen molar-refractivity contribution >= 4 is 49.6 Å². The minimum Gasteiger partial charge on any atom is -0.341 e. The molecule has 0 amide bonds. The summed E-state index contributed by atoms with van der Waals surface area (Å²) in [5.41, 5.74) is 7.15. The fourth-order valence-electron chi connectivity index (χ4n) is 2.48. The van der Waals surface area contributed by atoms with Crippen LogP contribution in [0, 0.1) is 0 Å². The fraction of sp³-hybridized carbons (Fsp3) is 0.250. The molecule has 1 aromatic carbocycles. The zero-order valence-electron chi connectivity index (χ0n) is 13.3. The fourth-order valence-corrected chi connectivity index (χ4v) is 5.01. The van der Waals surface area contributed by atoms with Crippen molar-refractivity contribution in [2.24, 2.45) is 5.73 Å². The predicted octanol–water partition coefficient (Wildman–Crippen LogP) is 3.85. The Kier molecular flexibility index (Phi) is 4.37. The lowest BCUT2D eigenvalue weighted by Gasteiger charge is -2.26. The number of fused-ring (bicyclic) bond motifs is 1. The minimum absolute atomic E-state index is 0.189. The second kappa shape index (κ2) is 6.07. The number of hydrogen-bond donors (Lipinski definition) is 2. The number of halogens is 1. The lowest BCUT2D eigenvalue weighted by molar-refractivity contribution is 0.379. The van der Waals surface area contributed by atoms with Gasteiger partial charge >= 0.3 is 0 Å². The van der Waals surface area contributed by atoms with Crippen molar-refractivity contribution in [2.45, 2.75) is 23.6 Å². The molecule has 0 aliphatic heterocycles. The summed E-state index contributed by atoms with van der Waals surface area (Å²) < 4.78 is 30.1. The van der Waals surface area contributed by atoms with E-state index >= 15 is 0 Å². The van der Waals surface area contributed by atoms with Crippen LogP contribution in [0.15, 0.2) is 46.8 Å². The van der Waals surface area contributed by atoms with Crippen LogP contribution in [0.2, 0.25) is 4.34 Å². The lowest BCUT2D eigenvalue weighted by Crippen LogP contribution is -2.34. The predicted molar refractivity (Wildman–Crippen MR) is 100 cm³/mol. The van der Waals surface area contributed by atoms with Crippen LogP contribution in [0.25, 0.3) is 10.9 Å². The second-order valence-corrected chi connectivity index (χ2v) is 9.76. The molecule has 128 valence electrons. The van der Waals surface area contributed by atoms with E-state index in [2.05, 4.69) is 23.1 Å². The first-order valence-electron chi connectivity index (χ1n) is 7.33. The van der Waals surface area contributed by atoms with Gasteiger partial charge in [-0.2, -0.15) is 0 Å². The first-order valence-corrected chi connectivity index (χ1v) is 10.0. The quantitative estimate of drug-likeness (QED) is 0.702. The van der Waals surface area contributed by atoms with Crippen molar-refractivity contribution < 1.29 is 8.42 Å². The molecule has 0 unspecified atom stereocenters. The van der Waals surface area contributed by atoms with Gasteiger partial charge in [0.15, 0.2) is 0 Å². The van der Waals surface area contributed by atoms with Gasteiger partial charge < -0.3 is 10.3 Å². The molecule has 0 saturated carbocycles. The average molecular weight is 384 g/mol. The molecule has 0 bridgehead atoms. The number of thiophene rings is 1. The van der Waals surface area contributed by atoms with Crippen molar-refractivity contribution in [3.05, 3.63) is 46.9 Å². The van der Waals surface area contributed by atoms with Crippen LogP contribution in [-0.2, 0) is 15.6 Å². The van der Waals surface area contributed by atoms with Gasteiger partial charge in [-0.05, 0) is 50.2 Å². The lowest BCUT2D eigenvalue weighted by atomic mass is 10.1. The summed E-state index contributed by atoms with van der Waals surface area (Å²) in [7, 11) is -3.63. The highest BCUT2D eigenvalue weighted by molar-refractivity contribution is 7.94. The largest absolute Gasteiger partial charge is 0.341 e. The topological polar surface area (TPSA) is 77.1 Å². The van der Waals surface area contributed by atoms with Gasteiger partial charge in [0.25, 0.3) is 10.0 Å². The molecule has 0 fully saturated rings. The number of hydrogen-bond acceptors (Lipinski definition) is 4. The normalized spacial score (nSPS) is 12.7. The van der Waals surface area contributed by atoms with Crippen LogP contribution >= 0.6 is 22.9 Å². The van der Waals surface area contributed by atoms with Gasteiger partial charge in [-0.1, -0.05) is 11.6 Å². The Bertz CT molecular complexity index is 990. The van der Waals surface area contributed by atoms with Crippen LogP contribution in [0.1, 0.15) is 13.8 Å². The van der Waals surface area contributed by atoms with E-state index in [1.807, 2.05) is 24.4 Å². The van der Waals surface area contributed by atoms with Crippen LogP contribution in [0.3, 0.4) is 0 Å². The highest BCUT2D eigenvalue weighted by atomic mass is 35.5. The third-order valence-electron chi connectivity index (χ3n) is 3.91. The molecule has 3 N–H and O–H groups in total. The Morgan fingerprint density at radius 3 is 2.62 bits per heavy atom. The number of anilines is 1. The van der Waals surface area contributed by atoms with Crippen molar-refractivity contribution in [1.29, 1.82) is 0 Å². The van der Waals surface area contributed by atoms with E-state index in [0.717, 1.165) is 22.2 Å².